The Morgan fingerprint density at radius 1 is 1.09 bits per heavy atom. The Morgan fingerprint density at radius 3 is 2.32 bits per heavy atom. The smallest absolute Gasteiger partial charge is 0.134 e. The van der Waals surface area contributed by atoms with Gasteiger partial charge in [0, 0.05) is 13.1 Å². The largest absolute Gasteiger partial charge is 0.494 e. The zero-order valence-electron chi connectivity index (χ0n) is 13.2. The fraction of sp³-hybridized carbons (Fsp3) is 0.375. The van der Waals surface area contributed by atoms with Crippen molar-refractivity contribution in [3.8, 4) is 11.5 Å². The second-order valence-corrected chi connectivity index (χ2v) is 4.87. The van der Waals surface area contributed by atoms with E-state index in [-0.39, 0.29) is 0 Å². The first-order valence-electron chi connectivity index (χ1n) is 7.26. The maximum absolute atomic E-state index is 5.73. The molecule has 2 N–H and O–H groups in total. The number of anilines is 2. The first-order chi connectivity index (χ1) is 10.6. The molecule has 0 fully saturated rings. The van der Waals surface area contributed by atoms with Gasteiger partial charge in [-0.3, -0.25) is 0 Å². The molecule has 118 valence electrons. The molecule has 0 bridgehead atoms. The maximum Gasteiger partial charge on any atom is 0.134 e. The zero-order valence-corrected chi connectivity index (χ0v) is 13.2. The maximum atomic E-state index is 5.73. The number of nitrogens with zero attached hydrogens (tertiary/aromatic N) is 3. The lowest BCUT2D eigenvalue weighted by atomic mass is 10.3. The van der Waals surface area contributed by atoms with Crippen LogP contribution in [0.3, 0.4) is 0 Å². The number of hydrogen-bond acceptors (Lipinski definition) is 6. The molecule has 0 amide bonds. The number of nitrogen functional groups attached to an aromatic ring is 1. The summed E-state index contributed by atoms with van der Waals surface area (Å²) in [6, 6.07) is 9.35. The normalized spacial score (nSPS) is 10.3. The van der Waals surface area contributed by atoms with Crippen LogP contribution in [0.4, 0.5) is 11.6 Å². The molecule has 1 aromatic heterocycles. The van der Waals surface area contributed by atoms with E-state index >= 15 is 0 Å². The first-order valence-corrected chi connectivity index (χ1v) is 7.26. The van der Waals surface area contributed by atoms with Gasteiger partial charge < -0.3 is 20.1 Å². The molecule has 0 saturated carbocycles. The Hall–Kier alpha value is -2.50. The Kier molecular flexibility index (Phi) is 5.41. The van der Waals surface area contributed by atoms with Gasteiger partial charge in [-0.2, -0.15) is 0 Å². The number of ether oxygens (including phenoxy) is 2. The SMILES string of the molecule is CCOc1ccc(OCCN(C)c2cc(N)nc(C)n2)cc1. The van der Waals surface area contributed by atoms with Crippen LogP contribution < -0.4 is 20.1 Å². The summed E-state index contributed by atoms with van der Waals surface area (Å²) in [5.74, 6) is 3.59. The summed E-state index contributed by atoms with van der Waals surface area (Å²) in [5.41, 5.74) is 5.73. The van der Waals surface area contributed by atoms with Crippen LogP contribution in [0.25, 0.3) is 0 Å². The van der Waals surface area contributed by atoms with E-state index in [9.17, 15) is 0 Å². The van der Waals surface area contributed by atoms with Crippen LogP contribution in [0.5, 0.6) is 11.5 Å². The van der Waals surface area contributed by atoms with Crippen LogP contribution in [0.2, 0.25) is 0 Å². The average Bonchev–Trinajstić information content (AvgIpc) is 2.48. The minimum Gasteiger partial charge on any atom is -0.494 e. The van der Waals surface area contributed by atoms with Gasteiger partial charge in [0.25, 0.3) is 0 Å². The summed E-state index contributed by atoms with van der Waals surface area (Å²) in [7, 11) is 1.95. The highest BCUT2D eigenvalue weighted by atomic mass is 16.5. The van der Waals surface area contributed by atoms with Gasteiger partial charge in [0.05, 0.1) is 13.2 Å². The third-order valence-electron chi connectivity index (χ3n) is 3.07. The lowest BCUT2D eigenvalue weighted by molar-refractivity contribution is 0.321. The van der Waals surface area contributed by atoms with E-state index in [2.05, 4.69) is 9.97 Å². The summed E-state index contributed by atoms with van der Waals surface area (Å²) < 4.78 is 11.1. The molecule has 0 saturated heterocycles. The van der Waals surface area contributed by atoms with Gasteiger partial charge in [0.2, 0.25) is 0 Å². The van der Waals surface area contributed by atoms with E-state index in [0.717, 1.165) is 17.3 Å². The third-order valence-corrected chi connectivity index (χ3v) is 3.07. The molecule has 1 aromatic carbocycles. The predicted molar refractivity (Wildman–Crippen MR) is 87.6 cm³/mol. The van der Waals surface area contributed by atoms with Gasteiger partial charge in [-0.1, -0.05) is 0 Å². The number of likely N-dealkylation sites (N-methyl/N-ethyl adjacent to an activating group) is 1. The van der Waals surface area contributed by atoms with Crippen molar-refractivity contribution in [2.75, 3.05) is 37.4 Å². The molecule has 6 nitrogen and oxygen atoms in total. The van der Waals surface area contributed by atoms with Crippen molar-refractivity contribution in [1.29, 1.82) is 0 Å². The number of nitrogens with two attached hydrogens (primary N) is 1. The van der Waals surface area contributed by atoms with Crippen molar-refractivity contribution < 1.29 is 9.47 Å². The number of aryl methyl sites for hydroxylation is 1. The fourth-order valence-electron chi connectivity index (χ4n) is 1.98. The highest BCUT2D eigenvalue weighted by molar-refractivity contribution is 5.46. The van der Waals surface area contributed by atoms with Crippen molar-refractivity contribution >= 4 is 11.6 Å². The van der Waals surface area contributed by atoms with Gasteiger partial charge in [0.1, 0.15) is 35.6 Å². The van der Waals surface area contributed by atoms with E-state index in [0.29, 0.717) is 31.4 Å². The average molecular weight is 302 g/mol. The Balaban J connectivity index is 1.84. The molecule has 0 radical (unpaired) electrons. The molecular weight excluding hydrogens is 280 g/mol. The quantitative estimate of drug-likeness (QED) is 0.846. The Labute approximate surface area is 130 Å². The van der Waals surface area contributed by atoms with E-state index in [1.165, 1.54) is 0 Å². The minimum atomic E-state index is 0.474. The van der Waals surface area contributed by atoms with Gasteiger partial charge in [-0.25, -0.2) is 9.97 Å². The number of hydrogen-bond donors (Lipinski definition) is 1. The van der Waals surface area contributed by atoms with E-state index < -0.39 is 0 Å². The van der Waals surface area contributed by atoms with Gasteiger partial charge in [-0.15, -0.1) is 0 Å². The molecular formula is C16H22N4O2. The summed E-state index contributed by atoms with van der Waals surface area (Å²) in [5, 5.41) is 0. The van der Waals surface area contributed by atoms with E-state index in [1.807, 2.05) is 50.1 Å². The van der Waals surface area contributed by atoms with Gasteiger partial charge >= 0.3 is 0 Å². The second kappa shape index (κ2) is 7.49. The van der Waals surface area contributed by atoms with Crippen molar-refractivity contribution in [3.05, 3.63) is 36.2 Å². The molecule has 6 heteroatoms. The molecule has 2 aromatic rings. The topological polar surface area (TPSA) is 73.5 Å². The standard InChI is InChI=1S/C16H22N4O2/c1-4-21-13-5-7-14(8-6-13)22-10-9-20(3)16-11-15(17)18-12(2)19-16/h5-8,11H,4,9-10H2,1-3H3,(H2,17,18,19). The van der Waals surface area contributed by atoms with E-state index in [4.69, 9.17) is 15.2 Å². The molecule has 0 unspecified atom stereocenters. The van der Waals surface area contributed by atoms with Gasteiger partial charge in [-0.05, 0) is 38.1 Å². The lowest BCUT2D eigenvalue weighted by Gasteiger charge is -2.19. The van der Waals surface area contributed by atoms with Crippen LogP contribution in [-0.2, 0) is 0 Å². The predicted octanol–water partition coefficient (Wildman–Crippen LogP) is 2.28. The van der Waals surface area contributed by atoms with Crippen LogP contribution in [0.15, 0.2) is 30.3 Å². The van der Waals surface area contributed by atoms with Crippen LogP contribution >= 0.6 is 0 Å². The molecule has 0 spiro atoms. The van der Waals surface area contributed by atoms with Crippen molar-refractivity contribution in [3.63, 3.8) is 0 Å². The number of benzene rings is 1. The minimum absolute atomic E-state index is 0.474. The Bertz CT molecular complexity index is 581. The van der Waals surface area contributed by atoms with Gasteiger partial charge in [0.15, 0.2) is 0 Å². The van der Waals surface area contributed by atoms with E-state index in [1.54, 1.807) is 6.07 Å². The molecule has 0 atom stereocenters. The third kappa shape index (κ3) is 4.51. The summed E-state index contributed by atoms with van der Waals surface area (Å²) >= 11 is 0. The molecule has 1 heterocycles. The number of rotatable bonds is 7. The zero-order chi connectivity index (χ0) is 15.9. The molecule has 0 aliphatic rings. The lowest BCUT2D eigenvalue weighted by Crippen LogP contribution is -2.25. The monoisotopic (exact) mass is 302 g/mol. The highest BCUT2D eigenvalue weighted by Gasteiger charge is 2.05. The fourth-order valence-corrected chi connectivity index (χ4v) is 1.98. The van der Waals surface area contributed by atoms with Crippen molar-refractivity contribution in [2.45, 2.75) is 13.8 Å². The number of aromatic nitrogens is 2. The second-order valence-electron chi connectivity index (χ2n) is 4.87. The van der Waals surface area contributed by atoms with Crippen LogP contribution in [0.1, 0.15) is 12.7 Å². The summed E-state index contributed by atoms with van der Waals surface area (Å²) in [4.78, 5) is 10.4. The first kappa shape index (κ1) is 15.9. The van der Waals surface area contributed by atoms with Crippen molar-refractivity contribution in [1.82, 2.24) is 9.97 Å². The molecule has 0 aliphatic carbocycles. The summed E-state index contributed by atoms with van der Waals surface area (Å²) in [6.07, 6.45) is 0. The molecule has 2 rings (SSSR count). The van der Waals surface area contributed by atoms with Crippen LogP contribution in [0, 0.1) is 6.92 Å². The molecule has 22 heavy (non-hydrogen) atoms. The van der Waals surface area contributed by atoms with Crippen molar-refractivity contribution in [2.24, 2.45) is 0 Å². The molecule has 0 aliphatic heterocycles. The van der Waals surface area contributed by atoms with Crippen LogP contribution in [-0.4, -0.2) is 36.8 Å². The highest BCUT2D eigenvalue weighted by Crippen LogP contribution is 2.18. The Morgan fingerprint density at radius 2 is 1.73 bits per heavy atom. The summed E-state index contributed by atoms with van der Waals surface area (Å²) in [6.45, 7) is 5.69.